The van der Waals surface area contributed by atoms with Gasteiger partial charge in [-0.05, 0) is 12.1 Å². The largest absolute Gasteiger partial charge is 0.497 e. The molecule has 0 heterocycles. The van der Waals surface area contributed by atoms with E-state index in [1.807, 2.05) is 0 Å². The van der Waals surface area contributed by atoms with Crippen molar-refractivity contribution < 1.29 is 23.8 Å². The number of hydrogen-bond donors (Lipinski definition) is 2. The van der Waals surface area contributed by atoms with Crippen molar-refractivity contribution >= 4 is 17.6 Å². The normalized spacial score (nSPS) is 9.76. The molecule has 0 bridgehead atoms. The summed E-state index contributed by atoms with van der Waals surface area (Å²) in [6.07, 6.45) is -0.497. The predicted molar refractivity (Wildman–Crippen MR) is 58.5 cm³/mol. The summed E-state index contributed by atoms with van der Waals surface area (Å²) in [6, 6.07) is 3.90. The summed E-state index contributed by atoms with van der Waals surface area (Å²) in [5.41, 5.74) is -0.0280. The fraction of sp³-hybridized carbons (Fsp3) is 0.273. The first-order valence-corrected chi connectivity index (χ1v) is 4.88. The Morgan fingerprint density at radius 2 is 2.12 bits per heavy atom. The van der Waals surface area contributed by atoms with Gasteiger partial charge in [-0.25, -0.2) is 4.39 Å². The summed E-state index contributed by atoms with van der Waals surface area (Å²) in [5, 5.41) is 10.7. The number of hydrogen-bond acceptors (Lipinski definition) is 3. The maximum absolute atomic E-state index is 13.3. The van der Waals surface area contributed by atoms with Gasteiger partial charge in [-0.1, -0.05) is 0 Å². The second-order valence-corrected chi connectivity index (χ2v) is 3.29. The Morgan fingerprint density at radius 1 is 1.41 bits per heavy atom. The molecule has 1 aromatic carbocycles. The fourth-order valence-electron chi connectivity index (χ4n) is 1.16. The highest BCUT2D eigenvalue weighted by Crippen LogP contribution is 2.21. The van der Waals surface area contributed by atoms with Crippen molar-refractivity contribution in [2.45, 2.75) is 12.8 Å². The van der Waals surface area contributed by atoms with Crippen molar-refractivity contribution in [3.63, 3.8) is 0 Å². The van der Waals surface area contributed by atoms with Crippen LogP contribution in [0.15, 0.2) is 18.2 Å². The summed E-state index contributed by atoms with van der Waals surface area (Å²) in [4.78, 5) is 21.5. The predicted octanol–water partition coefficient (Wildman–Crippen LogP) is 1.64. The van der Waals surface area contributed by atoms with Crippen LogP contribution in [-0.2, 0) is 9.59 Å². The third-order valence-corrected chi connectivity index (χ3v) is 2.01. The lowest BCUT2D eigenvalue weighted by molar-refractivity contribution is -0.138. The second-order valence-electron chi connectivity index (χ2n) is 3.29. The van der Waals surface area contributed by atoms with E-state index in [2.05, 4.69) is 5.32 Å². The van der Waals surface area contributed by atoms with Gasteiger partial charge in [0.15, 0.2) is 0 Å². The molecule has 5 nitrogen and oxygen atoms in total. The Kier molecular flexibility index (Phi) is 4.45. The Morgan fingerprint density at radius 3 is 2.71 bits per heavy atom. The maximum atomic E-state index is 13.3. The van der Waals surface area contributed by atoms with Crippen molar-refractivity contribution in [3.05, 3.63) is 24.0 Å². The van der Waals surface area contributed by atoms with E-state index in [1.54, 1.807) is 0 Å². The van der Waals surface area contributed by atoms with E-state index in [0.29, 0.717) is 5.75 Å². The van der Waals surface area contributed by atoms with E-state index in [1.165, 1.54) is 19.2 Å². The summed E-state index contributed by atoms with van der Waals surface area (Å²) in [6.45, 7) is 0. The molecule has 1 amide bonds. The number of halogens is 1. The number of rotatable bonds is 5. The highest BCUT2D eigenvalue weighted by Gasteiger charge is 2.09. The number of carboxylic acids is 1. The number of nitrogens with one attached hydrogen (secondary N) is 1. The minimum atomic E-state index is -1.08. The number of carboxylic acid groups (broad SMARTS) is 1. The van der Waals surface area contributed by atoms with Crippen LogP contribution in [0.25, 0.3) is 0 Å². The number of carbonyl (C=O) groups is 2. The van der Waals surface area contributed by atoms with Crippen molar-refractivity contribution in [1.82, 2.24) is 0 Å². The first-order valence-electron chi connectivity index (χ1n) is 4.88. The molecule has 1 rings (SSSR count). The summed E-state index contributed by atoms with van der Waals surface area (Å²) >= 11 is 0. The second kappa shape index (κ2) is 5.83. The molecule has 2 N–H and O–H groups in total. The molecule has 0 aromatic heterocycles. The number of benzene rings is 1. The molecule has 0 fully saturated rings. The molecule has 0 radical (unpaired) electrons. The first-order chi connectivity index (χ1) is 8.02. The molecule has 0 saturated carbocycles. The topological polar surface area (TPSA) is 75.6 Å². The molecule has 17 heavy (non-hydrogen) atoms. The minimum Gasteiger partial charge on any atom is -0.497 e. The van der Waals surface area contributed by atoms with Gasteiger partial charge in [-0.15, -0.1) is 0 Å². The molecule has 0 saturated heterocycles. The zero-order valence-electron chi connectivity index (χ0n) is 9.20. The Bertz CT molecular complexity index is 433. The molecule has 1 aromatic rings. The molecule has 6 heteroatoms. The molecule has 92 valence electrons. The van der Waals surface area contributed by atoms with Crippen LogP contribution in [0.4, 0.5) is 10.1 Å². The highest BCUT2D eigenvalue weighted by molar-refractivity contribution is 5.92. The van der Waals surface area contributed by atoms with Crippen LogP contribution in [0.3, 0.4) is 0 Å². The molecular weight excluding hydrogens is 229 g/mol. The lowest BCUT2D eigenvalue weighted by Crippen LogP contribution is -2.14. The van der Waals surface area contributed by atoms with Gasteiger partial charge < -0.3 is 15.2 Å². The lowest BCUT2D eigenvalue weighted by atomic mass is 10.2. The number of amides is 1. The highest BCUT2D eigenvalue weighted by atomic mass is 19.1. The molecule has 0 unspecified atom stereocenters. The number of ether oxygens (including phenoxy) is 1. The van der Waals surface area contributed by atoms with Gasteiger partial charge in [0.2, 0.25) is 5.91 Å². The van der Waals surface area contributed by atoms with Crippen molar-refractivity contribution in [3.8, 4) is 5.75 Å². The Hall–Kier alpha value is -2.11. The van der Waals surface area contributed by atoms with Crippen LogP contribution in [0, 0.1) is 5.82 Å². The van der Waals surface area contributed by atoms with Gasteiger partial charge in [-0.3, -0.25) is 9.59 Å². The van der Waals surface area contributed by atoms with Crippen molar-refractivity contribution in [2.24, 2.45) is 0 Å². The van der Waals surface area contributed by atoms with Gasteiger partial charge in [0.25, 0.3) is 0 Å². The van der Waals surface area contributed by atoms with Crippen LogP contribution < -0.4 is 10.1 Å². The van der Waals surface area contributed by atoms with Crippen LogP contribution in [0.1, 0.15) is 12.8 Å². The summed E-state index contributed by atoms with van der Waals surface area (Å²) in [7, 11) is 1.42. The fourth-order valence-corrected chi connectivity index (χ4v) is 1.16. The molecule has 0 aliphatic carbocycles. The van der Waals surface area contributed by atoms with E-state index in [0.717, 1.165) is 6.07 Å². The van der Waals surface area contributed by atoms with Gasteiger partial charge in [0.1, 0.15) is 11.6 Å². The molecule has 0 aliphatic heterocycles. The van der Waals surface area contributed by atoms with Gasteiger partial charge in [-0.2, -0.15) is 0 Å². The smallest absolute Gasteiger partial charge is 0.303 e. The van der Waals surface area contributed by atoms with Crippen LogP contribution in [0.2, 0.25) is 0 Å². The standard InChI is InChI=1S/C11H12FNO4/c1-17-7-2-3-8(12)9(6-7)13-10(14)4-5-11(15)16/h2-3,6H,4-5H2,1H3,(H,13,14)(H,15,16). The van der Waals surface area contributed by atoms with Crippen LogP contribution >= 0.6 is 0 Å². The van der Waals surface area contributed by atoms with Gasteiger partial charge >= 0.3 is 5.97 Å². The first kappa shape index (κ1) is 13.0. The average molecular weight is 241 g/mol. The summed E-state index contributed by atoms with van der Waals surface area (Å²) in [5.74, 6) is -1.83. The van der Waals surface area contributed by atoms with Gasteiger partial charge in [0.05, 0.1) is 19.2 Å². The quantitative estimate of drug-likeness (QED) is 0.821. The maximum Gasteiger partial charge on any atom is 0.303 e. The van der Waals surface area contributed by atoms with E-state index in [9.17, 15) is 14.0 Å². The van der Waals surface area contributed by atoms with Crippen molar-refractivity contribution in [2.75, 3.05) is 12.4 Å². The average Bonchev–Trinajstić information content (AvgIpc) is 2.29. The lowest BCUT2D eigenvalue weighted by Gasteiger charge is -2.07. The van der Waals surface area contributed by atoms with Gasteiger partial charge in [0, 0.05) is 12.5 Å². The SMILES string of the molecule is COc1ccc(F)c(NC(=O)CCC(=O)O)c1. The van der Waals surface area contributed by atoms with Crippen LogP contribution in [0.5, 0.6) is 5.75 Å². The van der Waals surface area contributed by atoms with E-state index < -0.39 is 17.7 Å². The van der Waals surface area contributed by atoms with Crippen LogP contribution in [-0.4, -0.2) is 24.1 Å². The third kappa shape index (κ3) is 4.10. The number of anilines is 1. The van der Waals surface area contributed by atoms with Crippen molar-refractivity contribution in [1.29, 1.82) is 0 Å². The monoisotopic (exact) mass is 241 g/mol. The Balaban J connectivity index is 2.67. The molecular formula is C11H12FNO4. The van der Waals surface area contributed by atoms with E-state index in [4.69, 9.17) is 9.84 Å². The number of carbonyl (C=O) groups excluding carboxylic acids is 1. The summed E-state index contributed by atoms with van der Waals surface area (Å²) < 4.78 is 18.2. The Labute approximate surface area is 97.2 Å². The third-order valence-electron chi connectivity index (χ3n) is 2.01. The zero-order chi connectivity index (χ0) is 12.8. The zero-order valence-corrected chi connectivity index (χ0v) is 9.20. The molecule has 0 aliphatic rings. The van der Waals surface area contributed by atoms with E-state index in [-0.39, 0.29) is 18.5 Å². The molecule has 0 spiro atoms. The molecule has 0 atom stereocenters. The number of methoxy groups -OCH3 is 1. The van der Waals surface area contributed by atoms with E-state index >= 15 is 0 Å². The minimum absolute atomic E-state index is 0.0280. The number of aliphatic carboxylic acids is 1.